The topological polar surface area (TPSA) is 105 Å². The second-order valence-electron chi connectivity index (χ2n) is 10.4. The van der Waals surface area contributed by atoms with Crippen LogP contribution in [0.15, 0.2) is 73.1 Å². The Morgan fingerprint density at radius 1 is 1.05 bits per heavy atom. The number of nitrogens with zero attached hydrogens (tertiary/aromatic N) is 6. The molecule has 0 radical (unpaired) electrons. The van der Waals surface area contributed by atoms with E-state index < -0.39 is 0 Å². The third kappa shape index (κ3) is 5.91. The summed E-state index contributed by atoms with van der Waals surface area (Å²) in [7, 11) is 0. The first-order valence-electron chi connectivity index (χ1n) is 14.1. The standard InChI is InChI=1S/C31H33N7O3/c1-2-41-31(40)36-18-13-23(14-19-36)27-7-5-16-38-28(27)34-30(35-38)33-25-10-8-24(9-11-25)29(39)37-17-12-22(21-37)20-26-6-3-4-15-32-26/h3-11,13,15-16,22H,2,12,14,17-21H2,1H3,(H,33,35). The van der Waals surface area contributed by atoms with Crippen molar-refractivity contribution in [3.8, 4) is 0 Å². The van der Waals surface area contributed by atoms with Crippen molar-refractivity contribution in [3.63, 3.8) is 0 Å². The van der Waals surface area contributed by atoms with E-state index in [-0.39, 0.29) is 12.0 Å². The highest BCUT2D eigenvalue weighted by atomic mass is 16.6. The van der Waals surface area contributed by atoms with Gasteiger partial charge in [-0.25, -0.2) is 9.31 Å². The maximum Gasteiger partial charge on any atom is 0.410 e. The molecular formula is C31H33N7O3. The summed E-state index contributed by atoms with van der Waals surface area (Å²) in [4.78, 5) is 38.0. The number of likely N-dealkylation sites (tertiary alicyclic amines) is 1. The Labute approximate surface area is 238 Å². The average molecular weight is 552 g/mol. The summed E-state index contributed by atoms with van der Waals surface area (Å²) >= 11 is 0. The minimum absolute atomic E-state index is 0.0536. The minimum atomic E-state index is -0.284. The molecule has 41 heavy (non-hydrogen) atoms. The number of carbonyl (C=O) groups excluding carboxylic acids is 2. The summed E-state index contributed by atoms with van der Waals surface area (Å²) in [6.45, 7) is 4.79. The van der Waals surface area contributed by atoms with Crippen molar-refractivity contribution in [2.24, 2.45) is 5.92 Å². The molecule has 1 unspecified atom stereocenters. The summed E-state index contributed by atoms with van der Waals surface area (Å²) in [6.07, 6.45) is 8.05. The van der Waals surface area contributed by atoms with Crippen LogP contribution in [-0.2, 0) is 11.2 Å². The number of carbonyl (C=O) groups is 2. The Morgan fingerprint density at radius 2 is 1.93 bits per heavy atom. The number of anilines is 2. The Hall–Kier alpha value is -4.73. The van der Waals surface area contributed by atoms with Crippen LogP contribution in [0, 0.1) is 5.92 Å². The van der Waals surface area contributed by atoms with Crippen molar-refractivity contribution in [1.82, 2.24) is 29.4 Å². The van der Waals surface area contributed by atoms with Gasteiger partial charge >= 0.3 is 6.09 Å². The summed E-state index contributed by atoms with van der Waals surface area (Å²) in [5.41, 5.74) is 5.40. The lowest BCUT2D eigenvalue weighted by atomic mass is 10.0. The lowest BCUT2D eigenvalue weighted by Gasteiger charge is -2.25. The molecule has 1 N–H and O–H groups in total. The maximum absolute atomic E-state index is 13.1. The highest BCUT2D eigenvalue weighted by molar-refractivity contribution is 5.94. The van der Waals surface area contributed by atoms with Crippen LogP contribution in [0.4, 0.5) is 16.4 Å². The molecule has 1 aromatic carbocycles. The predicted octanol–water partition coefficient (Wildman–Crippen LogP) is 4.82. The number of pyridine rings is 2. The normalized spacial score (nSPS) is 17.0. The smallest absolute Gasteiger partial charge is 0.410 e. The van der Waals surface area contributed by atoms with Gasteiger partial charge in [-0.1, -0.05) is 12.1 Å². The fourth-order valence-corrected chi connectivity index (χ4v) is 5.51. The number of aromatic nitrogens is 4. The Kier molecular flexibility index (Phi) is 7.62. The highest BCUT2D eigenvalue weighted by Crippen LogP contribution is 2.27. The van der Waals surface area contributed by atoms with Crippen LogP contribution in [0.5, 0.6) is 0 Å². The van der Waals surface area contributed by atoms with E-state index in [1.165, 1.54) is 0 Å². The van der Waals surface area contributed by atoms with Gasteiger partial charge in [-0.2, -0.15) is 4.98 Å². The molecule has 210 valence electrons. The molecule has 10 nitrogen and oxygen atoms in total. The van der Waals surface area contributed by atoms with Gasteiger partial charge < -0.3 is 19.9 Å². The van der Waals surface area contributed by atoms with Crippen LogP contribution in [-0.4, -0.2) is 74.2 Å². The van der Waals surface area contributed by atoms with E-state index in [2.05, 4.69) is 21.5 Å². The van der Waals surface area contributed by atoms with Crippen molar-refractivity contribution in [2.45, 2.75) is 26.2 Å². The number of hydrogen-bond donors (Lipinski definition) is 1. The van der Waals surface area contributed by atoms with Gasteiger partial charge in [-0.15, -0.1) is 5.10 Å². The molecule has 6 rings (SSSR count). The van der Waals surface area contributed by atoms with E-state index in [0.717, 1.165) is 54.1 Å². The van der Waals surface area contributed by atoms with Crippen molar-refractivity contribution < 1.29 is 14.3 Å². The van der Waals surface area contributed by atoms with Crippen LogP contribution in [0.3, 0.4) is 0 Å². The van der Waals surface area contributed by atoms with Crippen molar-refractivity contribution >= 4 is 34.9 Å². The molecule has 1 fully saturated rings. The Bertz CT molecular complexity index is 1570. The lowest BCUT2D eigenvalue weighted by molar-refractivity contribution is 0.0787. The molecule has 2 amide bonds. The molecule has 3 aromatic heterocycles. The van der Waals surface area contributed by atoms with Gasteiger partial charge in [0.15, 0.2) is 5.65 Å². The summed E-state index contributed by atoms with van der Waals surface area (Å²) in [5.74, 6) is 0.956. The molecule has 2 aliphatic rings. The molecule has 0 bridgehead atoms. The number of amides is 2. The second-order valence-corrected chi connectivity index (χ2v) is 10.4. The fourth-order valence-electron chi connectivity index (χ4n) is 5.51. The van der Waals surface area contributed by atoms with Crippen molar-refractivity contribution in [2.75, 3.05) is 38.1 Å². The number of nitrogens with one attached hydrogen (secondary N) is 1. The molecule has 0 saturated carbocycles. The first-order valence-corrected chi connectivity index (χ1v) is 14.1. The molecule has 1 atom stereocenters. The van der Waals surface area contributed by atoms with Gasteiger partial charge in [0.05, 0.1) is 6.61 Å². The van der Waals surface area contributed by atoms with Gasteiger partial charge in [-0.05, 0) is 86.2 Å². The van der Waals surface area contributed by atoms with Crippen molar-refractivity contribution in [1.29, 1.82) is 0 Å². The summed E-state index contributed by atoms with van der Waals surface area (Å²) in [5, 5.41) is 7.86. The van der Waals surface area contributed by atoms with Crippen LogP contribution in [0.1, 0.15) is 41.4 Å². The van der Waals surface area contributed by atoms with E-state index in [9.17, 15) is 9.59 Å². The van der Waals surface area contributed by atoms with Gasteiger partial charge in [0.1, 0.15) is 0 Å². The monoisotopic (exact) mass is 551 g/mol. The Balaban J connectivity index is 1.09. The zero-order chi connectivity index (χ0) is 28.2. The van der Waals surface area contributed by atoms with Gasteiger partial charge in [0.25, 0.3) is 5.91 Å². The number of ether oxygens (including phenoxy) is 1. The molecule has 0 aliphatic carbocycles. The SMILES string of the molecule is CCOC(=O)N1CC=C(c2cccn3nc(Nc4ccc(C(=O)N5CCC(Cc6ccccn6)C5)cc4)nc23)CC1. The van der Waals surface area contributed by atoms with Crippen LogP contribution in [0.25, 0.3) is 11.2 Å². The minimum Gasteiger partial charge on any atom is -0.450 e. The zero-order valence-corrected chi connectivity index (χ0v) is 23.1. The van der Waals surface area contributed by atoms with E-state index in [4.69, 9.17) is 9.72 Å². The molecule has 10 heteroatoms. The van der Waals surface area contributed by atoms with E-state index in [1.54, 1.807) is 9.42 Å². The number of rotatable bonds is 7. The van der Waals surface area contributed by atoms with Gasteiger partial charge in [0, 0.05) is 61.1 Å². The lowest BCUT2D eigenvalue weighted by Crippen LogP contribution is -2.35. The molecule has 0 spiro atoms. The third-order valence-electron chi connectivity index (χ3n) is 7.63. The number of hydrogen-bond acceptors (Lipinski definition) is 7. The number of benzene rings is 1. The first kappa shape index (κ1) is 26.5. The molecule has 1 saturated heterocycles. The predicted molar refractivity (Wildman–Crippen MR) is 156 cm³/mol. The highest BCUT2D eigenvalue weighted by Gasteiger charge is 2.27. The zero-order valence-electron chi connectivity index (χ0n) is 23.1. The van der Waals surface area contributed by atoms with E-state index >= 15 is 0 Å². The second kappa shape index (κ2) is 11.8. The quantitative estimate of drug-likeness (QED) is 0.351. The van der Waals surface area contributed by atoms with Crippen LogP contribution < -0.4 is 5.32 Å². The molecule has 4 aromatic rings. The van der Waals surface area contributed by atoms with Gasteiger partial charge in [0.2, 0.25) is 5.95 Å². The number of fused-ring (bicyclic) bond motifs is 1. The molecule has 5 heterocycles. The third-order valence-corrected chi connectivity index (χ3v) is 7.63. The summed E-state index contributed by atoms with van der Waals surface area (Å²) < 4.78 is 6.88. The Morgan fingerprint density at radius 3 is 2.68 bits per heavy atom. The molecule has 2 aliphatic heterocycles. The van der Waals surface area contributed by atoms with E-state index in [0.29, 0.717) is 43.5 Å². The summed E-state index contributed by atoms with van der Waals surface area (Å²) in [6, 6.07) is 17.4. The van der Waals surface area contributed by atoms with Gasteiger partial charge in [-0.3, -0.25) is 9.78 Å². The van der Waals surface area contributed by atoms with Crippen LogP contribution >= 0.6 is 0 Å². The average Bonchev–Trinajstić information content (AvgIpc) is 3.64. The largest absolute Gasteiger partial charge is 0.450 e. The fraction of sp³-hybridized carbons (Fsp3) is 0.323. The van der Waals surface area contributed by atoms with E-state index in [1.807, 2.05) is 78.8 Å². The van der Waals surface area contributed by atoms with Crippen molar-refractivity contribution in [3.05, 3.63) is 89.9 Å². The van der Waals surface area contributed by atoms with Crippen LogP contribution in [0.2, 0.25) is 0 Å². The molecular weight excluding hydrogens is 518 g/mol. The maximum atomic E-state index is 13.1. The first-order chi connectivity index (χ1) is 20.1.